The van der Waals surface area contributed by atoms with Crippen LogP contribution >= 0.6 is 0 Å². The van der Waals surface area contributed by atoms with Crippen molar-refractivity contribution in [3.05, 3.63) is 40.2 Å². The van der Waals surface area contributed by atoms with Crippen LogP contribution in [0.4, 0.5) is 0 Å². The Morgan fingerprint density at radius 1 is 1.25 bits per heavy atom. The molecular formula is C11H12N4O. The predicted octanol–water partition coefficient (Wildman–Crippen LogP) is 0.834. The number of H-pyrrole nitrogens is 1. The number of aryl methyl sites for hydroxylation is 1. The minimum atomic E-state index is 0.0233. The van der Waals surface area contributed by atoms with Gasteiger partial charge in [-0.2, -0.15) is 4.68 Å². The lowest BCUT2D eigenvalue weighted by Crippen LogP contribution is -2.19. The Morgan fingerprint density at radius 3 is 2.88 bits per heavy atom. The van der Waals surface area contributed by atoms with Crippen LogP contribution in [-0.4, -0.2) is 19.7 Å². The van der Waals surface area contributed by atoms with Gasteiger partial charge in [-0.05, 0) is 25.7 Å². The first-order valence-corrected chi connectivity index (χ1v) is 5.45. The Balaban J connectivity index is 2.16. The number of nitrogens with zero attached hydrogens (tertiary/aromatic N) is 3. The average molecular weight is 216 g/mol. The average Bonchev–Trinajstić information content (AvgIpc) is 2.69. The first-order valence-electron chi connectivity index (χ1n) is 5.45. The maximum absolute atomic E-state index is 12.1. The third kappa shape index (κ3) is 1.36. The van der Waals surface area contributed by atoms with E-state index in [2.05, 4.69) is 15.1 Å². The van der Waals surface area contributed by atoms with E-state index in [0.29, 0.717) is 5.82 Å². The number of hydrogen-bond donors (Lipinski definition) is 1. The molecule has 0 radical (unpaired) electrons. The number of aromatic amines is 1. The fourth-order valence-electron chi connectivity index (χ4n) is 2.15. The summed E-state index contributed by atoms with van der Waals surface area (Å²) in [4.78, 5) is 20.2. The third-order valence-electron chi connectivity index (χ3n) is 2.95. The Morgan fingerprint density at radius 2 is 2.12 bits per heavy atom. The van der Waals surface area contributed by atoms with Gasteiger partial charge in [-0.25, -0.2) is 4.98 Å². The largest absolute Gasteiger partial charge is 0.293 e. The molecule has 0 spiro atoms. The molecule has 3 rings (SSSR count). The highest BCUT2D eigenvalue weighted by molar-refractivity contribution is 5.26. The van der Waals surface area contributed by atoms with Crippen molar-refractivity contribution < 1.29 is 0 Å². The van der Waals surface area contributed by atoms with Gasteiger partial charge in [-0.15, -0.1) is 0 Å². The first-order chi connectivity index (χ1) is 7.86. The highest BCUT2D eigenvalue weighted by atomic mass is 16.1. The molecule has 0 aliphatic heterocycles. The molecule has 82 valence electrons. The Hall–Kier alpha value is -1.91. The lowest BCUT2D eigenvalue weighted by atomic mass is 9.98. The van der Waals surface area contributed by atoms with Crippen LogP contribution in [0.15, 0.2) is 23.4 Å². The van der Waals surface area contributed by atoms with Crippen LogP contribution in [-0.2, 0) is 12.8 Å². The van der Waals surface area contributed by atoms with Gasteiger partial charge in [0.15, 0.2) is 5.82 Å². The Bertz CT molecular complexity index is 555. The highest BCUT2D eigenvalue weighted by Crippen LogP contribution is 2.16. The molecule has 1 N–H and O–H groups in total. The zero-order valence-corrected chi connectivity index (χ0v) is 8.81. The van der Waals surface area contributed by atoms with Crippen molar-refractivity contribution in [3.8, 4) is 5.82 Å². The molecule has 5 nitrogen and oxygen atoms in total. The first kappa shape index (κ1) is 9.33. The summed E-state index contributed by atoms with van der Waals surface area (Å²) in [7, 11) is 0. The minimum absolute atomic E-state index is 0.0233. The highest BCUT2D eigenvalue weighted by Gasteiger charge is 2.18. The van der Waals surface area contributed by atoms with Gasteiger partial charge in [0.05, 0.1) is 6.20 Å². The van der Waals surface area contributed by atoms with Gasteiger partial charge in [-0.1, -0.05) is 0 Å². The summed E-state index contributed by atoms with van der Waals surface area (Å²) in [6.45, 7) is 0. The van der Waals surface area contributed by atoms with Crippen LogP contribution < -0.4 is 5.56 Å². The van der Waals surface area contributed by atoms with Gasteiger partial charge in [0, 0.05) is 23.7 Å². The summed E-state index contributed by atoms with van der Waals surface area (Å²) in [5.74, 6) is 0.557. The maximum atomic E-state index is 12.1. The zero-order chi connectivity index (χ0) is 11.0. The third-order valence-corrected chi connectivity index (χ3v) is 2.95. The van der Waals surface area contributed by atoms with Crippen LogP contribution in [0, 0.1) is 0 Å². The summed E-state index contributed by atoms with van der Waals surface area (Å²) >= 11 is 0. The number of nitrogens with one attached hydrogen (secondary N) is 1. The van der Waals surface area contributed by atoms with Crippen LogP contribution in [0.3, 0.4) is 0 Å². The maximum Gasteiger partial charge on any atom is 0.276 e. The summed E-state index contributed by atoms with van der Waals surface area (Å²) < 4.78 is 1.49. The van der Waals surface area contributed by atoms with Gasteiger partial charge in [0.25, 0.3) is 5.56 Å². The molecule has 0 aromatic carbocycles. The van der Waals surface area contributed by atoms with Gasteiger partial charge < -0.3 is 0 Å². The number of hydrogen-bond acceptors (Lipinski definition) is 3. The lowest BCUT2D eigenvalue weighted by Gasteiger charge is -2.07. The van der Waals surface area contributed by atoms with Crippen molar-refractivity contribution in [1.82, 2.24) is 19.7 Å². The van der Waals surface area contributed by atoms with Crippen molar-refractivity contribution in [2.45, 2.75) is 25.7 Å². The van der Waals surface area contributed by atoms with E-state index in [1.165, 1.54) is 4.68 Å². The molecule has 2 aromatic rings. The monoisotopic (exact) mass is 216 g/mol. The fraction of sp³-hybridized carbons (Fsp3) is 0.364. The van der Waals surface area contributed by atoms with E-state index in [0.717, 1.165) is 36.9 Å². The van der Waals surface area contributed by atoms with Crippen molar-refractivity contribution in [1.29, 1.82) is 0 Å². The minimum Gasteiger partial charge on any atom is -0.293 e. The van der Waals surface area contributed by atoms with E-state index < -0.39 is 0 Å². The van der Waals surface area contributed by atoms with Gasteiger partial charge in [-0.3, -0.25) is 14.9 Å². The molecule has 5 heteroatoms. The smallest absolute Gasteiger partial charge is 0.276 e. The van der Waals surface area contributed by atoms with E-state index in [1.54, 1.807) is 18.6 Å². The Kier molecular flexibility index (Phi) is 2.09. The van der Waals surface area contributed by atoms with E-state index in [-0.39, 0.29) is 5.56 Å². The number of rotatable bonds is 1. The molecule has 0 amide bonds. The van der Waals surface area contributed by atoms with E-state index >= 15 is 0 Å². The summed E-state index contributed by atoms with van der Waals surface area (Å²) in [6, 6.07) is 0. The second-order valence-electron chi connectivity index (χ2n) is 3.98. The quantitative estimate of drug-likeness (QED) is 0.768. The lowest BCUT2D eigenvalue weighted by molar-refractivity contribution is 0.670. The molecule has 0 unspecified atom stereocenters. The number of aromatic nitrogens is 4. The van der Waals surface area contributed by atoms with Crippen molar-refractivity contribution >= 4 is 0 Å². The molecule has 2 heterocycles. The molecule has 0 bridgehead atoms. The predicted molar refractivity (Wildman–Crippen MR) is 58.6 cm³/mol. The molecule has 16 heavy (non-hydrogen) atoms. The second kappa shape index (κ2) is 3.59. The topological polar surface area (TPSA) is 63.6 Å². The van der Waals surface area contributed by atoms with Crippen molar-refractivity contribution in [3.63, 3.8) is 0 Å². The van der Waals surface area contributed by atoms with Gasteiger partial charge in [0.2, 0.25) is 0 Å². The SMILES string of the molecule is O=c1c2c([nH]n1-c1cnccn1)CCCC2. The molecule has 0 atom stereocenters. The standard InChI is InChI=1S/C11H12N4O/c16-11-8-3-1-2-4-9(8)14-15(11)10-7-12-5-6-13-10/h5-7,14H,1-4H2. The molecule has 0 saturated carbocycles. The van der Waals surface area contributed by atoms with Crippen LogP contribution in [0.2, 0.25) is 0 Å². The van der Waals surface area contributed by atoms with Crippen molar-refractivity contribution in [2.75, 3.05) is 0 Å². The van der Waals surface area contributed by atoms with E-state index in [9.17, 15) is 4.79 Å². The molecule has 1 aliphatic carbocycles. The van der Waals surface area contributed by atoms with Crippen molar-refractivity contribution in [2.24, 2.45) is 0 Å². The summed E-state index contributed by atoms with van der Waals surface area (Å²) in [5, 5.41) is 3.12. The summed E-state index contributed by atoms with van der Waals surface area (Å²) in [5.41, 5.74) is 1.99. The molecular weight excluding hydrogens is 204 g/mol. The normalized spacial score (nSPS) is 14.8. The van der Waals surface area contributed by atoms with Gasteiger partial charge >= 0.3 is 0 Å². The van der Waals surface area contributed by atoms with Crippen LogP contribution in [0.25, 0.3) is 5.82 Å². The molecule has 1 aliphatic rings. The molecule has 0 saturated heterocycles. The fourth-order valence-corrected chi connectivity index (χ4v) is 2.15. The molecule has 2 aromatic heterocycles. The van der Waals surface area contributed by atoms with Gasteiger partial charge in [0.1, 0.15) is 0 Å². The Labute approximate surface area is 92.2 Å². The van der Waals surface area contributed by atoms with Crippen LogP contribution in [0.5, 0.6) is 0 Å². The number of fused-ring (bicyclic) bond motifs is 1. The van der Waals surface area contributed by atoms with Crippen LogP contribution in [0.1, 0.15) is 24.1 Å². The zero-order valence-electron chi connectivity index (χ0n) is 8.81. The van der Waals surface area contributed by atoms with E-state index in [4.69, 9.17) is 0 Å². The van der Waals surface area contributed by atoms with E-state index in [1.807, 2.05) is 0 Å². The molecule has 0 fully saturated rings. The summed E-state index contributed by atoms with van der Waals surface area (Å²) in [6.07, 6.45) is 8.84. The second-order valence-corrected chi connectivity index (χ2v) is 3.98.